The maximum absolute atomic E-state index is 6.07. The molecule has 90 valence electrons. The Morgan fingerprint density at radius 3 is 2.75 bits per heavy atom. The molecule has 1 aromatic rings. The second-order valence-corrected chi connectivity index (χ2v) is 3.60. The minimum Gasteiger partial charge on any atom is -0.487 e. The van der Waals surface area contributed by atoms with Crippen LogP contribution in [0.3, 0.4) is 0 Å². The van der Waals surface area contributed by atoms with E-state index in [2.05, 4.69) is 5.32 Å². The molecule has 0 radical (unpaired) electrons. The summed E-state index contributed by atoms with van der Waals surface area (Å²) in [6, 6.07) is 5.67. The van der Waals surface area contributed by atoms with Gasteiger partial charge in [-0.1, -0.05) is 17.7 Å². The van der Waals surface area contributed by atoms with E-state index in [-0.39, 0.29) is 0 Å². The van der Waals surface area contributed by atoms with Crippen LogP contribution in [0, 0.1) is 0 Å². The van der Waals surface area contributed by atoms with Crippen molar-refractivity contribution in [2.75, 3.05) is 31.7 Å². The number of benzene rings is 1. The molecule has 0 aliphatic rings. The van der Waals surface area contributed by atoms with Crippen molar-refractivity contribution in [3.63, 3.8) is 0 Å². The van der Waals surface area contributed by atoms with E-state index in [9.17, 15) is 0 Å². The molecule has 0 amide bonds. The predicted octanol–water partition coefficient (Wildman–Crippen LogP) is 3.19. The van der Waals surface area contributed by atoms with Gasteiger partial charge in [-0.2, -0.15) is 0 Å². The molecule has 1 N–H and O–H groups in total. The third kappa shape index (κ3) is 3.91. The van der Waals surface area contributed by atoms with Crippen molar-refractivity contribution in [3.05, 3.63) is 23.2 Å². The van der Waals surface area contributed by atoms with E-state index in [4.69, 9.17) is 21.1 Å². The van der Waals surface area contributed by atoms with Gasteiger partial charge in [0, 0.05) is 13.2 Å². The monoisotopic (exact) mass is 243 g/mol. The summed E-state index contributed by atoms with van der Waals surface area (Å²) in [5.74, 6) is 0.700. The average molecular weight is 244 g/mol. The maximum Gasteiger partial charge on any atom is 0.161 e. The number of halogens is 1. The molecule has 0 aliphatic heterocycles. The third-order valence-corrected chi connectivity index (χ3v) is 2.31. The van der Waals surface area contributed by atoms with Crippen molar-refractivity contribution >= 4 is 17.3 Å². The number of para-hydroxylation sites is 1. The fourth-order valence-corrected chi connectivity index (χ4v) is 1.56. The van der Waals surface area contributed by atoms with E-state index >= 15 is 0 Å². The van der Waals surface area contributed by atoms with Gasteiger partial charge in [0.25, 0.3) is 0 Å². The SMILES string of the molecule is CCNc1cccc(Cl)c1OCCOCC. The molecule has 0 fully saturated rings. The summed E-state index contributed by atoms with van der Waals surface area (Å²) in [7, 11) is 0. The Morgan fingerprint density at radius 1 is 1.25 bits per heavy atom. The number of anilines is 1. The van der Waals surface area contributed by atoms with E-state index in [1.54, 1.807) is 0 Å². The highest BCUT2D eigenvalue weighted by molar-refractivity contribution is 6.32. The molecule has 3 nitrogen and oxygen atoms in total. The summed E-state index contributed by atoms with van der Waals surface area (Å²) < 4.78 is 10.8. The van der Waals surface area contributed by atoms with Crippen molar-refractivity contribution in [1.29, 1.82) is 0 Å². The van der Waals surface area contributed by atoms with Crippen LogP contribution in [0.15, 0.2) is 18.2 Å². The third-order valence-electron chi connectivity index (χ3n) is 2.01. The summed E-state index contributed by atoms with van der Waals surface area (Å²) in [5.41, 5.74) is 0.923. The molecule has 16 heavy (non-hydrogen) atoms. The van der Waals surface area contributed by atoms with Gasteiger partial charge in [0.15, 0.2) is 5.75 Å². The summed E-state index contributed by atoms with van der Waals surface area (Å²) in [4.78, 5) is 0. The lowest BCUT2D eigenvalue weighted by molar-refractivity contribution is 0.110. The Morgan fingerprint density at radius 2 is 2.06 bits per heavy atom. The van der Waals surface area contributed by atoms with Gasteiger partial charge in [0.1, 0.15) is 6.61 Å². The molecule has 0 heterocycles. The number of hydrogen-bond acceptors (Lipinski definition) is 3. The van der Waals surface area contributed by atoms with Gasteiger partial charge < -0.3 is 14.8 Å². The fourth-order valence-electron chi connectivity index (χ4n) is 1.33. The van der Waals surface area contributed by atoms with Crippen molar-refractivity contribution in [2.24, 2.45) is 0 Å². The Balaban J connectivity index is 2.61. The lowest BCUT2D eigenvalue weighted by atomic mass is 10.3. The second kappa shape index (κ2) is 7.36. The summed E-state index contributed by atoms with van der Waals surface area (Å²) >= 11 is 6.07. The zero-order valence-electron chi connectivity index (χ0n) is 9.75. The van der Waals surface area contributed by atoms with Crippen LogP contribution in [0.4, 0.5) is 5.69 Å². The van der Waals surface area contributed by atoms with Gasteiger partial charge in [-0.05, 0) is 26.0 Å². The quantitative estimate of drug-likeness (QED) is 0.746. The molecule has 0 aromatic heterocycles. The van der Waals surface area contributed by atoms with E-state index < -0.39 is 0 Å². The van der Waals surface area contributed by atoms with E-state index in [0.717, 1.165) is 12.2 Å². The van der Waals surface area contributed by atoms with Gasteiger partial charge in [-0.15, -0.1) is 0 Å². The maximum atomic E-state index is 6.07. The predicted molar refractivity (Wildman–Crippen MR) is 67.6 cm³/mol. The number of hydrogen-bond donors (Lipinski definition) is 1. The Labute approximate surface area is 102 Å². The molecule has 0 atom stereocenters. The summed E-state index contributed by atoms with van der Waals surface area (Å²) in [5, 5.41) is 3.83. The van der Waals surface area contributed by atoms with Gasteiger partial charge in [-0.3, -0.25) is 0 Å². The Kier molecular flexibility index (Phi) is 6.04. The fraction of sp³-hybridized carbons (Fsp3) is 0.500. The largest absolute Gasteiger partial charge is 0.487 e. The molecule has 1 rings (SSSR count). The van der Waals surface area contributed by atoms with Crippen molar-refractivity contribution < 1.29 is 9.47 Å². The first-order chi connectivity index (χ1) is 7.79. The lowest BCUT2D eigenvalue weighted by Gasteiger charge is -2.13. The molecule has 4 heteroatoms. The highest BCUT2D eigenvalue weighted by atomic mass is 35.5. The van der Waals surface area contributed by atoms with Gasteiger partial charge in [0.2, 0.25) is 0 Å². The molecular formula is C12H18ClNO2. The Bertz CT molecular complexity index is 318. The summed E-state index contributed by atoms with van der Waals surface area (Å²) in [6.07, 6.45) is 0. The first kappa shape index (κ1) is 13.1. The number of ether oxygens (including phenoxy) is 2. The van der Waals surface area contributed by atoms with Crippen LogP contribution in [0.1, 0.15) is 13.8 Å². The highest BCUT2D eigenvalue weighted by Gasteiger charge is 2.07. The average Bonchev–Trinajstić information content (AvgIpc) is 2.28. The molecule has 1 aromatic carbocycles. The van der Waals surface area contributed by atoms with Crippen LogP contribution < -0.4 is 10.1 Å². The number of nitrogens with one attached hydrogen (secondary N) is 1. The zero-order valence-corrected chi connectivity index (χ0v) is 10.5. The smallest absolute Gasteiger partial charge is 0.161 e. The number of rotatable bonds is 7. The highest BCUT2D eigenvalue weighted by Crippen LogP contribution is 2.32. The van der Waals surface area contributed by atoms with Crippen LogP contribution >= 0.6 is 11.6 Å². The first-order valence-corrected chi connectivity index (χ1v) is 5.90. The van der Waals surface area contributed by atoms with Crippen molar-refractivity contribution in [1.82, 2.24) is 0 Å². The Hall–Kier alpha value is -0.930. The van der Waals surface area contributed by atoms with Crippen LogP contribution in [-0.2, 0) is 4.74 Å². The van der Waals surface area contributed by atoms with E-state index in [1.807, 2.05) is 32.0 Å². The topological polar surface area (TPSA) is 30.5 Å². The van der Waals surface area contributed by atoms with Crippen LogP contribution in [0.25, 0.3) is 0 Å². The van der Waals surface area contributed by atoms with Crippen molar-refractivity contribution in [2.45, 2.75) is 13.8 Å². The van der Waals surface area contributed by atoms with E-state index in [1.165, 1.54) is 0 Å². The lowest BCUT2D eigenvalue weighted by Crippen LogP contribution is -2.08. The van der Waals surface area contributed by atoms with Crippen LogP contribution in [0.2, 0.25) is 5.02 Å². The van der Waals surface area contributed by atoms with Gasteiger partial charge >= 0.3 is 0 Å². The zero-order chi connectivity index (χ0) is 11.8. The molecule has 0 spiro atoms. The van der Waals surface area contributed by atoms with Gasteiger partial charge in [-0.25, -0.2) is 0 Å². The molecule has 0 saturated carbocycles. The van der Waals surface area contributed by atoms with Crippen molar-refractivity contribution in [3.8, 4) is 5.75 Å². The van der Waals surface area contributed by atoms with E-state index in [0.29, 0.717) is 30.6 Å². The summed E-state index contributed by atoms with van der Waals surface area (Å²) in [6.45, 7) is 6.61. The normalized spacial score (nSPS) is 10.2. The minimum absolute atomic E-state index is 0.510. The molecule has 0 unspecified atom stereocenters. The molecule has 0 aliphatic carbocycles. The molecular weight excluding hydrogens is 226 g/mol. The van der Waals surface area contributed by atoms with Gasteiger partial charge in [0.05, 0.1) is 17.3 Å². The molecule has 0 bridgehead atoms. The minimum atomic E-state index is 0.510. The first-order valence-electron chi connectivity index (χ1n) is 5.52. The van der Waals surface area contributed by atoms with Crippen LogP contribution in [0.5, 0.6) is 5.75 Å². The molecule has 0 saturated heterocycles. The second-order valence-electron chi connectivity index (χ2n) is 3.19. The van der Waals surface area contributed by atoms with Crippen LogP contribution in [-0.4, -0.2) is 26.4 Å². The standard InChI is InChI=1S/C12H18ClNO2/c1-3-14-11-7-5-6-10(13)12(11)16-9-8-15-4-2/h5-7,14H,3-4,8-9H2,1-2H3.